The molecular weight excluding hydrogens is 318 g/mol. The van der Waals surface area contributed by atoms with E-state index in [4.69, 9.17) is 4.52 Å². The van der Waals surface area contributed by atoms with Crippen molar-refractivity contribution >= 4 is 12.0 Å². The number of nitrogens with one attached hydrogen (secondary N) is 2. The van der Waals surface area contributed by atoms with Gasteiger partial charge in [0.25, 0.3) is 0 Å². The van der Waals surface area contributed by atoms with Crippen molar-refractivity contribution in [3.63, 3.8) is 0 Å². The Labute approximate surface area is 145 Å². The number of rotatable bonds is 5. The van der Waals surface area contributed by atoms with Crippen molar-refractivity contribution in [2.45, 2.75) is 32.2 Å². The molecule has 0 aliphatic carbocycles. The number of hydrogen-bond donors (Lipinski definition) is 2. The van der Waals surface area contributed by atoms with E-state index >= 15 is 0 Å². The van der Waals surface area contributed by atoms with Crippen LogP contribution in [0.15, 0.2) is 35.1 Å². The first-order valence-electron chi connectivity index (χ1n) is 8.51. The lowest BCUT2D eigenvalue weighted by Gasteiger charge is -2.16. The Bertz CT molecular complexity index is 827. The molecule has 1 aliphatic rings. The Balaban J connectivity index is 1.43. The molecule has 0 saturated carbocycles. The maximum Gasteiger partial charge on any atom is 0.321 e. The first kappa shape index (κ1) is 15.6. The van der Waals surface area contributed by atoms with Crippen LogP contribution >= 0.6 is 0 Å². The van der Waals surface area contributed by atoms with Crippen LogP contribution in [0.3, 0.4) is 0 Å². The van der Waals surface area contributed by atoms with Gasteiger partial charge in [-0.3, -0.25) is 0 Å². The second-order valence-corrected chi connectivity index (χ2v) is 6.51. The normalized spacial score (nSPS) is 17.4. The van der Waals surface area contributed by atoms with Crippen molar-refractivity contribution in [3.05, 3.63) is 36.4 Å². The fourth-order valence-electron chi connectivity index (χ4n) is 2.90. The van der Waals surface area contributed by atoms with Gasteiger partial charge < -0.3 is 19.7 Å². The zero-order chi connectivity index (χ0) is 17.2. The Morgan fingerprint density at radius 2 is 2.24 bits per heavy atom. The molecule has 130 valence electrons. The molecule has 3 aromatic rings. The summed E-state index contributed by atoms with van der Waals surface area (Å²) in [5.41, 5.74) is 1.88. The molecule has 2 N–H and O–H groups in total. The molecule has 8 heteroatoms. The predicted octanol–water partition coefficient (Wildman–Crippen LogP) is 2.67. The molecule has 1 unspecified atom stereocenters. The summed E-state index contributed by atoms with van der Waals surface area (Å²) in [7, 11) is 0. The summed E-state index contributed by atoms with van der Waals surface area (Å²) < 4.78 is 5.27. The standard InChI is InChI=1S/C17H21N7O/c1-11(2)15-22-17(25-23-15)20-12-6-9-24(10-12)16-19-8-5-14(21-16)13-4-3-7-18-13/h3-5,7-8,11-12,18H,6,9-10H2,1-2H3,(H,20,22,23). The second-order valence-electron chi connectivity index (χ2n) is 6.51. The van der Waals surface area contributed by atoms with Gasteiger partial charge in [0.1, 0.15) is 0 Å². The maximum absolute atomic E-state index is 5.27. The van der Waals surface area contributed by atoms with E-state index in [1.165, 1.54) is 0 Å². The summed E-state index contributed by atoms with van der Waals surface area (Å²) in [5, 5.41) is 7.30. The zero-order valence-corrected chi connectivity index (χ0v) is 14.3. The van der Waals surface area contributed by atoms with Gasteiger partial charge in [-0.15, -0.1) is 0 Å². The highest BCUT2D eigenvalue weighted by Crippen LogP contribution is 2.22. The minimum Gasteiger partial charge on any atom is -0.360 e. The van der Waals surface area contributed by atoms with E-state index in [1.54, 1.807) is 6.20 Å². The van der Waals surface area contributed by atoms with Crippen LogP contribution in [0.1, 0.15) is 32.0 Å². The molecular formula is C17H21N7O. The number of H-pyrrole nitrogens is 1. The molecule has 1 aliphatic heterocycles. The van der Waals surface area contributed by atoms with Crippen molar-refractivity contribution in [1.29, 1.82) is 0 Å². The van der Waals surface area contributed by atoms with Gasteiger partial charge in [0.05, 0.1) is 11.4 Å². The largest absolute Gasteiger partial charge is 0.360 e. The molecule has 3 aromatic heterocycles. The molecule has 8 nitrogen and oxygen atoms in total. The van der Waals surface area contributed by atoms with Gasteiger partial charge in [0.2, 0.25) is 5.95 Å². The lowest BCUT2D eigenvalue weighted by atomic mass is 10.2. The number of aromatic amines is 1. The van der Waals surface area contributed by atoms with Crippen molar-refractivity contribution in [2.75, 3.05) is 23.3 Å². The summed E-state index contributed by atoms with van der Waals surface area (Å²) in [5.74, 6) is 1.72. The smallest absolute Gasteiger partial charge is 0.321 e. The van der Waals surface area contributed by atoms with Crippen LogP contribution in [0.2, 0.25) is 0 Å². The molecule has 0 aromatic carbocycles. The second kappa shape index (κ2) is 6.54. The van der Waals surface area contributed by atoms with Crippen LogP contribution in [-0.4, -0.2) is 44.2 Å². The molecule has 4 rings (SSSR count). The van der Waals surface area contributed by atoms with E-state index in [2.05, 4.69) is 35.3 Å². The molecule has 1 fully saturated rings. The van der Waals surface area contributed by atoms with Gasteiger partial charge >= 0.3 is 6.01 Å². The molecule has 25 heavy (non-hydrogen) atoms. The van der Waals surface area contributed by atoms with Crippen molar-refractivity contribution in [2.24, 2.45) is 0 Å². The fraction of sp³-hybridized carbons (Fsp3) is 0.412. The van der Waals surface area contributed by atoms with Crippen LogP contribution in [-0.2, 0) is 0 Å². The number of anilines is 2. The first-order valence-corrected chi connectivity index (χ1v) is 8.51. The molecule has 0 bridgehead atoms. The first-order chi connectivity index (χ1) is 12.2. The molecule has 4 heterocycles. The third-order valence-corrected chi connectivity index (χ3v) is 4.27. The van der Waals surface area contributed by atoms with E-state index in [0.29, 0.717) is 6.01 Å². The summed E-state index contributed by atoms with van der Waals surface area (Å²) >= 11 is 0. The van der Waals surface area contributed by atoms with Crippen LogP contribution < -0.4 is 10.2 Å². The molecule has 0 amide bonds. The highest BCUT2D eigenvalue weighted by atomic mass is 16.5. The molecule has 0 radical (unpaired) electrons. The minimum absolute atomic E-state index is 0.234. The number of hydrogen-bond acceptors (Lipinski definition) is 7. The average molecular weight is 339 g/mol. The van der Waals surface area contributed by atoms with E-state index in [9.17, 15) is 0 Å². The van der Waals surface area contributed by atoms with Gasteiger partial charge in [0, 0.05) is 37.4 Å². The van der Waals surface area contributed by atoms with Gasteiger partial charge in [-0.1, -0.05) is 19.0 Å². The van der Waals surface area contributed by atoms with Crippen LogP contribution in [0.4, 0.5) is 12.0 Å². The SMILES string of the molecule is CC(C)c1noc(NC2CCN(c3nccc(-c4ccc[nH]4)n3)C2)n1. The average Bonchev–Trinajstić information content (AvgIpc) is 3.37. The summed E-state index contributed by atoms with van der Waals surface area (Å²) in [4.78, 5) is 18.8. The van der Waals surface area contributed by atoms with Crippen LogP contribution in [0.5, 0.6) is 0 Å². The Hall–Kier alpha value is -2.90. The minimum atomic E-state index is 0.234. The highest BCUT2D eigenvalue weighted by Gasteiger charge is 2.26. The summed E-state index contributed by atoms with van der Waals surface area (Å²) in [6, 6.07) is 6.59. The fourth-order valence-corrected chi connectivity index (χ4v) is 2.90. The van der Waals surface area contributed by atoms with Crippen LogP contribution in [0.25, 0.3) is 11.4 Å². The molecule has 0 spiro atoms. The molecule has 1 saturated heterocycles. The van der Waals surface area contributed by atoms with Gasteiger partial charge in [-0.25, -0.2) is 9.97 Å². The van der Waals surface area contributed by atoms with Gasteiger partial charge in [-0.2, -0.15) is 4.98 Å². The third-order valence-electron chi connectivity index (χ3n) is 4.27. The Morgan fingerprint density at radius 1 is 1.32 bits per heavy atom. The highest BCUT2D eigenvalue weighted by molar-refractivity contribution is 5.55. The molecule has 1 atom stereocenters. The quantitative estimate of drug-likeness (QED) is 0.737. The van der Waals surface area contributed by atoms with E-state index < -0.39 is 0 Å². The lowest BCUT2D eigenvalue weighted by Crippen LogP contribution is -2.27. The summed E-state index contributed by atoms with van der Waals surface area (Å²) in [6.45, 7) is 5.77. The maximum atomic E-state index is 5.27. The predicted molar refractivity (Wildman–Crippen MR) is 94.4 cm³/mol. The number of aromatic nitrogens is 5. The van der Waals surface area contributed by atoms with E-state index in [-0.39, 0.29) is 12.0 Å². The Morgan fingerprint density at radius 3 is 3.00 bits per heavy atom. The van der Waals surface area contributed by atoms with Crippen molar-refractivity contribution < 1.29 is 4.52 Å². The lowest BCUT2D eigenvalue weighted by molar-refractivity contribution is 0.416. The topological polar surface area (TPSA) is 95.8 Å². The van der Waals surface area contributed by atoms with Gasteiger partial charge in [-0.05, 0) is 24.6 Å². The summed E-state index contributed by atoms with van der Waals surface area (Å²) in [6.07, 6.45) is 4.66. The Kier molecular flexibility index (Phi) is 4.09. The van der Waals surface area contributed by atoms with Crippen molar-refractivity contribution in [1.82, 2.24) is 25.1 Å². The van der Waals surface area contributed by atoms with E-state index in [1.807, 2.05) is 38.2 Å². The van der Waals surface area contributed by atoms with E-state index in [0.717, 1.165) is 42.7 Å². The third kappa shape index (κ3) is 3.33. The zero-order valence-electron chi connectivity index (χ0n) is 14.3. The van der Waals surface area contributed by atoms with Crippen LogP contribution in [0, 0.1) is 0 Å². The number of nitrogens with zero attached hydrogens (tertiary/aromatic N) is 5. The van der Waals surface area contributed by atoms with Crippen molar-refractivity contribution in [3.8, 4) is 11.4 Å². The monoisotopic (exact) mass is 339 g/mol. The van der Waals surface area contributed by atoms with Gasteiger partial charge in [0.15, 0.2) is 5.82 Å².